The molecule has 1 saturated carbocycles. The predicted octanol–water partition coefficient (Wildman–Crippen LogP) is 0.0558. The molecule has 96 valence electrons. The van der Waals surface area contributed by atoms with Crippen molar-refractivity contribution < 1.29 is 14.7 Å². The molecule has 6 nitrogen and oxygen atoms in total. The second kappa shape index (κ2) is 4.91. The van der Waals surface area contributed by atoms with E-state index in [9.17, 15) is 4.79 Å². The third kappa shape index (κ3) is 2.52. The number of oxime groups is 1. The van der Waals surface area contributed by atoms with Crippen LogP contribution in [0, 0.1) is 11.3 Å². The first-order valence-corrected chi connectivity index (χ1v) is 6.03. The van der Waals surface area contributed by atoms with Crippen LogP contribution < -0.4 is 11.1 Å². The van der Waals surface area contributed by atoms with Crippen LogP contribution in [0.3, 0.4) is 0 Å². The van der Waals surface area contributed by atoms with Gasteiger partial charge in [0.25, 0.3) is 0 Å². The number of rotatable bonds is 4. The molecule has 0 spiro atoms. The van der Waals surface area contributed by atoms with E-state index in [1.54, 1.807) is 0 Å². The molecule has 6 heteroatoms. The second-order valence-corrected chi connectivity index (χ2v) is 4.86. The van der Waals surface area contributed by atoms with E-state index in [1.807, 2.05) is 0 Å². The summed E-state index contributed by atoms with van der Waals surface area (Å²) in [5.41, 5.74) is 4.79. The summed E-state index contributed by atoms with van der Waals surface area (Å²) in [5.74, 6) is 0.282. The summed E-state index contributed by atoms with van der Waals surface area (Å²) in [6.45, 7) is 2.13. The lowest BCUT2D eigenvalue weighted by molar-refractivity contribution is -0.124. The van der Waals surface area contributed by atoms with Gasteiger partial charge in [-0.1, -0.05) is 5.16 Å². The topological polar surface area (TPSA) is 96.9 Å². The van der Waals surface area contributed by atoms with Crippen LogP contribution in [0.25, 0.3) is 0 Å². The monoisotopic (exact) mass is 241 g/mol. The Morgan fingerprint density at radius 1 is 1.59 bits per heavy atom. The Balaban J connectivity index is 1.81. The van der Waals surface area contributed by atoms with Crippen LogP contribution >= 0.6 is 0 Å². The summed E-state index contributed by atoms with van der Waals surface area (Å²) >= 11 is 0. The smallest absolute Gasteiger partial charge is 0.233 e. The van der Waals surface area contributed by atoms with Gasteiger partial charge >= 0.3 is 0 Å². The Kier molecular flexibility index (Phi) is 3.51. The minimum absolute atomic E-state index is 0.0231. The second-order valence-electron chi connectivity index (χ2n) is 4.86. The van der Waals surface area contributed by atoms with Crippen LogP contribution in [0.4, 0.5) is 0 Å². The summed E-state index contributed by atoms with van der Waals surface area (Å²) in [6, 6.07) is 0. The minimum atomic E-state index is -0.746. The van der Waals surface area contributed by atoms with E-state index in [0.29, 0.717) is 31.9 Å². The van der Waals surface area contributed by atoms with Gasteiger partial charge in [-0.3, -0.25) is 4.79 Å². The van der Waals surface area contributed by atoms with Crippen molar-refractivity contribution in [3.63, 3.8) is 0 Å². The van der Waals surface area contributed by atoms with Gasteiger partial charge in [0, 0.05) is 13.2 Å². The van der Waals surface area contributed by atoms with Crippen molar-refractivity contribution in [3.8, 4) is 0 Å². The van der Waals surface area contributed by atoms with Gasteiger partial charge < -0.3 is 21.0 Å². The number of carbonyl (C=O) groups excluding carboxylic acids is 1. The zero-order valence-electron chi connectivity index (χ0n) is 9.82. The van der Waals surface area contributed by atoms with Gasteiger partial charge in [-0.2, -0.15) is 0 Å². The maximum Gasteiger partial charge on any atom is 0.233 e. The van der Waals surface area contributed by atoms with E-state index in [1.165, 1.54) is 0 Å². The van der Waals surface area contributed by atoms with Crippen molar-refractivity contribution in [2.75, 3.05) is 19.8 Å². The quantitative estimate of drug-likeness (QED) is 0.280. The lowest BCUT2D eigenvalue weighted by Crippen LogP contribution is -2.43. The number of hydrogen-bond donors (Lipinski definition) is 3. The molecule has 1 saturated heterocycles. The molecule has 17 heavy (non-hydrogen) atoms. The highest BCUT2D eigenvalue weighted by Crippen LogP contribution is 2.46. The standard InChI is InChI=1S/C11H19N3O3/c12-9(14-16)11(3-4-11)10(15)13-6-8-2-1-5-17-7-8/h8,16H,1-7H2,(H2,12,14)(H,13,15). The van der Waals surface area contributed by atoms with Crippen LogP contribution in [-0.2, 0) is 9.53 Å². The van der Waals surface area contributed by atoms with Gasteiger partial charge in [0.2, 0.25) is 5.91 Å². The normalized spacial score (nSPS) is 27.5. The number of ether oxygens (including phenoxy) is 1. The number of nitrogens with zero attached hydrogens (tertiary/aromatic N) is 1. The molecule has 0 bridgehead atoms. The number of amides is 1. The Bertz CT molecular complexity index is 320. The number of nitrogens with two attached hydrogens (primary N) is 1. The Labute approximate surface area is 100 Å². The molecule has 2 rings (SSSR count). The zero-order chi connectivity index (χ0) is 12.3. The van der Waals surface area contributed by atoms with Crippen molar-refractivity contribution in [2.45, 2.75) is 25.7 Å². The van der Waals surface area contributed by atoms with Crippen molar-refractivity contribution in [1.29, 1.82) is 0 Å². The number of amidine groups is 1. The summed E-state index contributed by atoms with van der Waals surface area (Å²) in [7, 11) is 0. The Morgan fingerprint density at radius 3 is 2.88 bits per heavy atom. The average Bonchev–Trinajstić information content (AvgIpc) is 3.17. The summed E-state index contributed by atoms with van der Waals surface area (Å²) < 4.78 is 5.34. The van der Waals surface area contributed by atoms with Gasteiger partial charge in [0.1, 0.15) is 5.41 Å². The zero-order valence-corrected chi connectivity index (χ0v) is 9.82. The highest BCUT2D eigenvalue weighted by Gasteiger charge is 2.54. The highest BCUT2D eigenvalue weighted by molar-refractivity contribution is 6.09. The molecule has 1 aliphatic carbocycles. The molecule has 0 aromatic rings. The summed E-state index contributed by atoms with van der Waals surface area (Å²) in [5, 5.41) is 14.5. The summed E-state index contributed by atoms with van der Waals surface area (Å²) in [6.07, 6.45) is 3.45. The molecule has 1 aliphatic heterocycles. The van der Waals surface area contributed by atoms with Crippen LogP contribution in [-0.4, -0.2) is 36.7 Å². The maximum atomic E-state index is 11.9. The first-order chi connectivity index (χ1) is 8.19. The van der Waals surface area contributed by atoms with Crippen molar-refractivity contribution >= 4 is 11.7 Å². The molecule has 1 amide bonds. The fraction of sp³-hybridized carbons (Fsp3) is 0.818. The Morgan fingerprint density at radius 2 is 2.35 bits per heavy atom. The molecule has 1 atom stereocenters. The third-order valence-corrected chi connectivity index (χ3v) is 3.59. The molecule has 1 unspecified atom stereocenters. The van der Waals surface area contributed by atoms with Crippen molar-refractivity contribution in [2.24, 2.45) is 22.2 Å². The van der Waals surface area contributed by atoms with Crippen LogP contribution in [0.15, 0.2) is 5.16 Å². The first-order valence-electron chi connectivity index (χ1n) is 6.03. The lowest BCUT2D eigenvalue weighted by Gasteiger charge is -2.23. The molecule has 0 aromatic carbocycles. The fourth-order valence-electron chi connectivity index (χ4n) is 2.19. The SMILES string of the molecule is NC(=NO)C1(C(=O)NCC2CCCOC2)CC1. The van der Waals surface area contributed by atoms with Gasteiger partial charge in [0.15, 0.2) is 5.84 Å². The van der Waals surface area contributed by atoms with Gasteiger partial charge in [-0.05, 0) is 31.6 Å². The Hall–Kier alpha value is -1.30. The van der Waals surface area contributed by atoms with E-state index < -0.39 is 5.41 Å². The van der Waals surface area contributed by atoms with Crippen molar-refractivity contribution in [3.05, 3.63) is 0 Å². The molecule has 2 fully saturated rings. The molecule has 0 radical (unpaired) electrons. The molecule has 2 aliphatic rings. The number of carbonyl (C=O) groups is 1. The third-order valence-electron chi connectivity index (χ3n) is 3.59. The van der Waals surface area contributed by atoms with Gasteiger partial charge in [0.05, 0.1) is 6.61 Å². The maximum absolute atomic E-state index is 11.9. The number of nitrogens with one attached hydrogen (secondary N) is 1. The van der Waals surface area contributed by atoms with E-state index in [0.717, 1.165) is 19.4 Å². The average molecular weight is 241 g/mol. The number of hydrogen-bond acceptors (Lipinski definition) is 4. The minimum Gasteiger partial charge on any atom is -0.409 e. The predicted molar refractivity (Wildman–Crippen MR) is 61.6 cm³/mol. The lowest BCUT2D eigenvalue weighted by atomic mass is 10.0. The fourth-order valence-corrected chi connectivity index (χ4v) is 2.19. The van der Waals surface area contributed by atoms with Gasteiger partial charge in [-0.15, -0.1) is 0 Å². The highest BCUT2D eigenvalue weighted by atomic mass is 16.5. The molecular weight excluding hydrogens is 222 g/mol. The molecule has 0 aromatic heterocycles. The molecule has 1 heterocycles. The molecular formula is C11H19N3O3. The van der Waals surface area contributed by atoms with E-state index >= 15 is 0 Å². The van der Waals surface area contributed by atoms with Crippen LogP contribution in [0.2, 0.25) is 0 Å². The largest absolute Gasteiger partial charge is 0.409 e. The summed E-state index contributed by atoms with van der Waals surface area (Å²) in [4.78, 5) is 11.9. The van der Waals surface area contributed by atoms with Crippen LogP contribution in [0.1, 0.15) is 25.7 Å². The van der Waals surface area contributed by atoms with Gasteiger partial charge in [-0.25, -0.2) is 0 Å². The van der Waals surface area contributed by atoms with Crippen LogP contribution in [0.5, 0.6) is 0 Å². The first kappa shape index (κ1) is 12.2. The van der Waals surface area contributed by atoms with E-state index in [-0.39, 0.29) is 11.7 Å². The van der Waals surface area contributed by atoms with Crippen molar-refractivity contribution in [1.82, 2.24) is 5.32 Å². The van der Waals surface area contributed by atoms with E-state index in [4.69, 9.17) is 15.7 Å². The van der Waals surface area contributed by atoms with E-state index in [2.05, 4.69) is 10.5 Å². The molecule has 4 N–H and O–H groups in total.